The summed E-state index contributed by atoms with van der Waals surface area (Å²) in [6, 6.07) is 9.59. The molecule has 0 unspecified atom stereocenters. The fourth-order valence-corrected chi connectivity index (χ4v) is 2.52. The molecular weight excluding hydrogens is 268 g/mol. The fraction of sp³-hybridized carbons (Fsp3) is 0.133. The van der Waals surface area contributed by atoms with Gasteiger partial charge in [0, 0.05) is 29.0 Å². The highest BCUT2D eigenvalue weighted by Crippen LogP contribution is 2.30. The van der Waals surface area contributed by atoms with Crippen LogP contribution in [0.1, 0.15) is 0 Å². The molecule has 3 aromatic rings. The van der Waals surface area contributed by atoms with Crippen molar-refractivity contribution >= 4 is 22.7 Å². The van der Waals surface area contributed by atoms with Gasteiger partial charge in [0.25, 0.3) is 0 Å². The zero-order chi connectivity index (χ0) is 14.2. The van der Waals surface area contributed by atoms with Crippen LogP contribution in [0.2, 0.25) is 0 Å². The summed E-state index contributed by atoms with van der Waals surface area (Å²) >= 11 is 0. The second-order valence-corrected chi connectivity index (χ2v) is 4.81. The molecule has 1 amide bonds. The molecule has 0 bridgehead atoms. The summed E-state index contributed by atoms with van der Waals surface area (Å²) in [6.07, 6.45) is 3.19. The van der Waals surface area contributed by atoms with E-state index in [-0.39, 0.29) is 6.09 Å². The summed E-state index contributed by atoms with van der Waals surface area (Å²) in [5.74, 6) is 0. The summed E-state index contributed by atoms with van der Waals surface area (Å²) in [7, 11) is 0. The van der Waals surface area contributed by atoms with Crippen molar-refractivity contribution in [2.24, 2.45) is 0 Å². The molecule has 0 atom stereocenters. The molecule has 6 heteroatoms. The van der Waals surface area contributed by atoms with Crippen LogP contribution < -0.4 is 4.90 Å². The maximum Gasteiger partial charge on any atom is 0.414 e. The number of pyridine rings is 1. The molecule has 1 aliphatic rings. The average Bonchev–Trinajstić information content (AvgIpc) is 3.13. The number of anilines is 1. The highest BCUT2D eigenvalue weighted by molar-refractivity contribution is 5.98. The van der Waals surface area contributed by atoms with E-state index in [0.29, 0.717) is 13.2 Å². The Morgan fingerprint density at radius 3 is 3.00 bits per heavy atom. The van der Waals surface area contributed by atoms with Crippen LogP contribution in [-0.2, 0) is 4.74 Å². The second-order valence-electron chi connectivity index (χ2n) is 4.81. The lowest BCUT2D eigenvalue weighted by molar-refractivity contribution is 0.181. The number of cyclic esters (lactones) is 1. The molecule has 6 nitrogen and oxygen atoms in total. The Hall–Kier alpha value is -2.89. The van der Waals surface area contributed by atoms with Crippen molar-refractivity contribution in [2.75, 3.05) is 18.1 Å². The van der Waals surface area contributed by atoms with Gasteiger partial charge in [0.05, 0.1) is 12.1 Å². The highest BCUT2D eigenvalue weighted by Gasteiger charge is 2.24. The van der Waals surface area contributed by atoms with Gasteiger partial charge in [0.2, 0.25) is 0 Å². The van der Waals surface area contributed by atoms with Crippen molar-refractivity contribution < 1.29 is 9.53 Å². The van der Waals surface area contributed by atoms with E-state index in [1.807, 2.05) is 30.3 Å². The molecule has 104 valence electrons. The number of nitrogens with zero attached hydrogens (tertiary/aromatic N) is 3. The van der Waals surface area contributed by atoms with Gasteiger partial charge in [0.15, 0.2) is 0 Å². The van der Waals surface area contributed by atoms with Crippen molar-refractivity contribution in [1.82, 2.24) is 15.2 Å². The Labute approximate surface area is 120 Å². The highest BCUT2D eigenvalue weighted by atomic mass is 16.6. The minimum atomic E-state index is -0.305. The number of rotatable bonds is 2. The van der Waals surface area contributed by atoms with Gasteiger partial charge in [-0.05, 0) is 30.3 Å². The molecule has 1 aromatic carbocycles. The first-order valence-electron chi connectivity index (χ1n) is 6.66. The molecule has 4 rings (SSSR count). The summed E-state index contributed by atoms with van der Waals surface area (Å²) in [5.41, 5.74) is 3.50. The topological polar surface area (TPSA) is 71.1 Å². The van der Waals surface area contributed by atoms with E-state index in [1.54, 1.807) is 17.3 Å². The average molecular weight is 280 g/mol. The first-order valence-corrected chi connectivity index (χ1v) is 6.66. The van der Waals surface area contributed by atoms with Gasteiger partial charge in [0.1, 0.15) is 12.3 Å². The Bertz CT molecular complexity index is 813. The van der Waals surface area contributed by atoms with Crippen LogP contribution in [0.25, 0.3) is 22.2 Å². The number of hydrogen-bond acceptors (Lipinski definition) is 4. The van der Waals surface area contributed by atoms with Crippen LogP contribution in [0.5, 0.6) is 0 Å². The van der Waals surface area contributed by atoms with E-state index < -0.39 is 0 Å². The first-order chi connectivity index (χ1) is 10.3. The summed E-state index contributed by atoms with van der Waals surface area (Å²) in [5, 5.41) is 8.31. The third kappa shape index (κ3) is 1.92. The number of benzene rings is 1. The Balaban J connectivity index is 1.85. The number of carbonyl (C=O) groups excluding carboxylic acids is 1. The molecule has 0 saturated carbocycles. The van der Waals surface area contributed by atoms with Gasteiger partial charge < -0.3 is 4.74 Å². The van der Waals surface area contributed by atoms with Gasteiger partial charge in [-0.25, -0.2) is 4.79 Å². The van der Waals surface area contributed by atoms with Gasteiger partial charge in [-0.2, -0.15) is 5.10 Å². The van der Waals surface area contributed by atoms with E-state index in [4.69, 9.17) is 4.74 Å². The second kappa shape index (κ2) is 4.59. The number of fused-ring (bicyclic) bond motifs is 1. The number of hydrogen-bond donors (Lipinski definition) is 1. The van der Waals surface area contributed by atoms with Crippen molar-refractivity contribution in [3.63, 3.8) is 0 Å². The first kappa shape index (κ1) is 11.9. The van der Waals surface area contributed by atoms with Gasteiger partial charge in [-0.15, -0.1) is 0 Å². The molecule has 3 heterocycles. The SMILES string of the molecule is O=C1OCCN1c1ccc2[nH]nc(-c3cccnc3)c2c1. The number of ether oxygens (including phenoxy) is 1. The minimum absolute atomic E-state index is 0.305. The predicted octanol–water partition coefficient (Wildman–Crippen LogP) is 2.58. The van der Waals surface area contributed by atoms with E-state index in [9.17, 15) is 4.79 Å². The maximum absolute atomic E-state index is 11.7. The lowest BCUT2D eigenvalue weighted by Crippen LogP contribution is -2.23. The third-order valence-corrected chi connectivity index (χ3v) is 3.55. The van der Waals surface area contributed by atoms with E-state index >= 15 is 0 Å². The Morgan fingerprint density at radius 1 is 1.29 bits per heavy atom. The fourth-order valence-electron chi connectivity index (χ4n) is 2.52. The molecule has 0 spiro atoms. The molecular formula is C15H12N4O2. The van der Waals surface area contributed by atoms with E-state index in [1.165, 1.54) is 0 Å². The molecule has 21 heavy (non-hydrogen) atoms. The zero-order valence-corrected chi connectivity index (χ0v) is 11.1. The number of aromatic nitrogens is 3. The summed E-state index contributed by atoms with van der Waals surface area (Å²) < 4.78 is 4.98. The Morgan fingerprint density at radius 2 is 2.24 bits per heavy atom. The predicted molar refractivity (Wildman–Crippen MR) is 78.0 cm³/mol. The van der Waals surface area contributed by atoms with Crippen LogP contribution >= 0.6 is 0 Å². The molecule has 2 aromatic heterocycles. The number of nitrogens with one attached hydrogen (secondary N) is 1. The third-order valence-electron chi connectivity index (χ3n) is 3.55. The van der Waals surface area contributed by atoms with Crippen molar-refractivity contribution in [3.8, 4) is 11.3 Å². The standard InChI is InChI=1S/C15H12N4O2/c20-15-19(6-7-21-15)11-3-4-13-12(8-11)14(18-17-13)10-2-1-5-16-9-10/h1-5,8-9H,6-7H2,(H,17,18). The quantitative estimate of drug-likeness (QED) is 0.783. The smallest absolute Gasteiger partial charge is 0.414 e. The van der Waals surface area contributed by atoms with Gasteiger partial charge >= 0.3 is 6.09 Å². The van der Waals surface area contributed by atoms with Crippen molar-refractivity contribution in [2.45, 2.75) is 0 Å². The number of H-pyrrole nitrogens is 1. The molecule has 1 aliphatic heterocycles. The normalized spacial score (nSPS) is 14.7. The van der Waals surface area contributed by atoms with Crippen LogP contribution in [0.3, 0.4) is 0 Å². The molecule has 1 saturated heterocycles. The maximum atomic E-state index is 11.7. The lowest BCUT2D eigenvalue weighted by Gasteiger charge is -2.12. The monoisotopic (exact) mass is 280 g/mol. The minimum Gasteiger partial charge on any atom is -0.447 e. The Kier molecular flexibility index (Phi) is 2.60. The lowest BCUT2D eigenvalue weighted by atomic mass is 10.1. The number of carbonyl (C=O) groups is 1. The van der Waals surface area contributed by atoms with Crippen LogP contribution in [0.4, 0.5) is 10.5 Å². The van der Waals surface area contributed by atoms with Crippen LogP contribution in [-0.4, -0.2) is 34.4 Å². The van der Waals surface area contributed by atoms with Gasteiger partial charge in [-0.3, -0.25) is 15.0 Å². The molecule has 0 radical (unpaired) electrons. The van der Waals surface area contributed by atoms with Crippen molar-refractivity contribution in [1.29, 1.82) is 0 Å². The molecule has 1 fully saturated rings. The summed E-state index contributed by atoms with van der Waals surface area (Å²) in [6.45, 7) is 1.00. The molecule has 1 N–H and O–H groups in total. The molecule has 0 aliphatic carbocycles. The summed E-state index contributed by atoms with van der Waals surface area (Å²) in [4.78, 5) is 17.4. The van der Waals surface area contributed by atoms with E-state index in [0.717, 1.165) is 27.8 Å². The van der Waals surface area contributed by atoms with E-state index in [2.05, 4.69) is 15.2 Å². The largest absolute Gasteiger partial charge is 0.447 e. The van der Waals surface area contributed by atoms with Gasteiger partial charge in [-0.1, -0.05) is 0 Å². The zero-order valence-electron chi connectivity index (χ0n) is 11.1. The van der Waals surface area contributed by atoms with Crippen LogP contribution in [0.15, 0.2) is 42.7 Å². The number of amides is 1. The van der Waals surface area contributed by atoms with Crippen molar-refractivity contribution in [3.05, 3.63) is 42.7 Å². The van der Waals surface area contributed by atoms with Crippen LogP contribution in [0, 0.1) is 0 Å². The number of aromatic amines is 1.